The molecule has 2 rings (SSSR count). The van der Waals surface area contributed by atoms with Gasteiger partial charge in [-0.3, -0.25) is 4.79 Å². The van der Waals surface area contributed by atoms with Gasteiger partial charge >= 0.3 is 0 Å². The third kappa shape index (κ3) is 3.79. The van der Waals surface area contributed by atoms with E-state index >= 15 is 0 Å². The van der Waals surface area contributed by atoms with Crippen LogP contribution in [-0.2, 0) is 9.84 Å². The Kier molecular flexibility index (Phi) is 6.01. The van der Waals surface area contributed by atoms with Crippen LogP contribution in [0.4, 0.5) is 5.69 Å². The molecule has 0 spiro atoms. The van der Waals surface area contributed by atoms with Crippen LogP contribution in [0.3, 0.4) is 0 Å². The summed E-state index contributed by atoms with van der Waals surface area (Å²) >= 11 is 1.31. The van der Waals surface area contributed by atoms with E-state index in [0.717, 1.165) is 0 Å². The van der Waals surface area contributed by atoms with E-state index in [4.69, 9.17) is 4.74 Å². The third-order valence-electron chi connectivity index (χ3n) is 3.84. The average molecular weight is 367 g/mol. The third-order valence-corrected chi connectivity index (χ3v) is 7.17. The maximum absolute atomic E-state index is 12.7. The zero-order valence-electron chi connectivity index (χ0n) is 13.9. The Hall–Kier alpha value is -1.86. The van der Waals surface area contributed by atoms with Gasteiger partial charge in [-0.15, -0.1) is 11.3 Å². The molecule has 1 aromatic heterocycles. The highest BCUT2D eigenvalue weighted by Gasteiger charge is 2.25. The van der Waals surface area contributed by atoms with E-state index in [0.29, 0.717) is 29.2 Å². The first-order valence-corrected chi connectivity index (χ1v) is 10.1. The maximum Gasteiger partial charge on any atom is 0.265 e. The summed E-state index contributed by atoms with van der Waals surface area (Å²) in [6, 6.07) is 8.05. The monoisotopic (exact) mass is 367 g/mol. The first kappa shape index (κ1) is 18.5. The molecule has 130 valence electrons. The first-order valence-electron chi connectivity index (χ1n) is 7.70. The van der Waals surface area contributed by atoms with Gasteiger partial charge in [-0.1, -0.05) is 19.9 Å². The average Bonchev–Trinajstić information content (AvgIpc) is 3.10. The van der Waals surface area contributed by atoms with E-state index in [1.54, 1.807) is 23.6 Å². The summed E-state index contributed by atoms with van der Waals surface area (Å²) in [6.45, 7) is 3.71. The minimum absolute atomic E-state index is 0.193. The summed E-state index contributed by atoms with van der Waals surface area (Å²) in [7, 11) is -1.97. The van der Waals surface area contributed by atoms with Gasteiger partial charge in [-0.05, 0) is 42.5 Å². The van der Waals surface area contributed by atoms with Crippen molar-refractivity contribution in [2.45, 2.75) is 36.8 Å². The Balaban J connectivity index is 2.39. The van der Waals surface area contributed by atoms with Gasteiger partial charge < -0.3 is 10.1 Å². The number of carbonyl (C=O) groups excluding carboxylic acids is 1. The second-order valence-corrected chi connectivity index (χ2v) is 8.45. The lowest BCUT2D eigenvalue weighted by atomic mass is 10.2. The number of ether oxygens (including phenoxy) is 1. The van der Waals surface area contributed by atoms with Gasteiger partial charge in [0.05, 0.1) is 27.8 Å². The molecule has 2 aromatic rings. The molecule has 0 aliphatic carbocycles. The highest BCUT2D eigenvalue weighted by Crippen LogP contribution is 2.31. The molecule has 7 heteroatoms. The number of benzene rings is 1. The lowest BCUT2D eigenvalue weighted by Crippen LogP contribution is -2.20. The summed E-state index contributed by atoms with van der Waals surface area (Å²) in [5.41, 5.74) is 0.350. The summed E-state index contributed by atoms with van der Waals surface area (Å²) in [5.74, 6) is 0.129. The predicted octanol–water partition coefficient (Wildman–Crippen LogP) is 3.97. The zero-order valence-corrected chi connectivity index (χ0v) is 15.5. The smallest absolute Gasteiger partial charge is 0.265 e. The van der Waals surface area contributed by atoms with E-state index < -0.39 is 15.1 Å². The number of amides is 1. The van der Waals surface area contributed by atoms with E-state index in [2.05, 4.69) is 5.32 Å². The number of carbonyl (C=O) groups is 1. The van der Waals surface area contributed by atoms with Gasteiger partial charge in [0.1, 0.15) is 5.75 Å². The zero-order chi connectivity index (χ0) is 17.7. The van der Waals surface area contributed by atoms with Gasteiger partial charge in [0.15, 0.2) is 9.84 Å². The van der Waals surface area contributed by atoms with E-state index in [1.165, 1.54) is 30.6 Å². The van der Waals surface area contributed by atoms with Crippen molar-refractivity contribution in [3.63, 3.8) is 0 Å². The molecule has 1 N–H and O–H groups in total. The van der Waals surface area contributed by atoms with Crippen molar-refractivity contribution < 1.29 is 17.9 Å². The summed E-state index contributed by atoms with van der Waals surface area (Å²) in [4.78, 5) is 13.0. The molecule has 5 nitrogen and oxygen atoms in total. The Bertz CT molecular complexity index is 794. The highest BCUT2D eigenvalue weighted by molar-refractivity contribution is 7.92. The molecular formula is C17H21NO4S2. The molecule has 1 amide bonds. The minimum Gasteiger partial charge on any atom is -0.495 e. The second-order valence-electron chi connectivity index (χ2n) is 5.28. The van der Waals surface area contributed by atoms with Crippen LogP contribution in [0.15, 0.2) is 40.6 Å². The van der Waals surface area contributed by atoms with Crippen molar-refractivity contribution in [1.82, 2.24) is 0 Å². The van der Waals surface area contributed by atoms with Crippen LogP contribution in [0, 0.1) is 0 Å². The van der Waals surface area contributed by atoms with Crippen LogP contribution in [0.1, 0.15) is 36.4 Å². The van der Waals surface area contributed by atoms with Crippen molar-refractivity contribution >= 4 is 32.8 Å². The fourth-order valence-corrected chi connectivity index (χ4v) is 4.89. The van der Waals surface area contributed by atoms with Crippen molar-refractivity contribution in [2.75, 3.05) is 12.4 Å². The van der Waals surface area contributed by atoms with Crippen molar-refractivity contribution in [2.24, 2.45) is 0 Å². The molecule has 0 fully saturated rings. The van der Waals surface area contributed by atoms with E-state index in [9.17, 15) is 13.2 Å². The van der Waals surface area contributed by atoms with E-state index in [-0.39, 0.29) is 10.8 Å². The molecule has 0 saturated heterocycles. The van der Waals surface area contributed by atoms with E-state index in [1.807, 2.05) is 13.8 Å². The Morgan fingerprint density at radius 1 is 1.25 bits per heavy atom. The normalized spacial score (nSPS) is 11.5. The minimum atomic E-state index is -3.44. The number of methoxy groups -OCH3 is 1. The largest absolute Gasteiger partial charge is 0.495 e. The quantitative estimate of drug-likeness (QED) is 0.804. The van der Waals surface area contributed by atoms with Crippen molar-refractivity contribution in [1.29, 1.82) is 0 Å². The standard InChI is InChI=1S/C17H21NO4S2/c1-4-12(5-2)24(20,21)13-8-9-15(22-3)14(11-13)18-17(19)16-7-6-10-23-16/h6-12H,4-5H2,1-3H3,(H,18,19). The molecule has 0 bridgehead atoms. The molecule has 1 aromatic carbocycles. The lowest BCUT2D eigenvalue weighted by Gasteiger charge is -2.16. The molecule has 0 saturated carbocycles. The molecule has 0 aliphatic rings. The fraction of sp³-hybridized carbons (Fsp3) is 0.353. The van der Waals surface area contributed by atoms with Gasteiger partial charge in [0.25, 0.3) is 5.91 Å². The SMILES string of the molecule is CCC(CC)S(=O)(=O)c1ccc(OC)c(NC(=O)c2cccs2)c1. The Morgan fingerprint density at radius 3 is 2.50 bits per heavy atom. The summed E-state index contributed by atoms with van der Waals surface area (Å²) in [5, 5.41) is 4.10. The Morgan fingerprint density at radius 2 is 1.96 bits per heavy atom. The topological polar surface area (TPSA) is 72.5 Å². The molecular weight excluding hydrogens is 346 g/mol. The van der Waals surface area contributed by atoms with Crippen LogP contribution in [0.2, 0.25) is 0 Å². The van der Waals surface area contributed by atoms with Crippen LogP contribution >= 0.6 is 11.3 Å². The van der Waals surface area contributed by atoms with Crippen LogP contribution < -0.4 is 10.1 Å². The molecule has 0 radical (unpaired) electrons. The molecule has 0 unspecified atom stereocenters. The second kappa shape index (κ2) is 7.81. The van der Waals surface area contributed by atoms with Crippen LogP contribution in [-0.4, -0.2) is 26.7 Å². The highest BCUT2D eigenvalue weighted by atomic mass is 32.2. The first-order chi connectivity index (χ1) is 11.4. The van der Waals surface area contributed by atoms with Crippen LogP contribution in [0.25, 0.3) is 0 Å². The van der Waals surface area contributed by atoms with Gasteiger partial charge in [-0.25, -0.2) is 8.42 Å². The van der Waals surface area contributed by atoms with Crippen molar-refractivity contribution in [3.05, 3.63) is 40.6 Å². The van der Waals surface area contributed by atoms with Crippen molar-refractivity contribution in [3.8, 4) is 5.75 Å². The number of thiophene rings is 1. The lowest BCUT2D eigenvalue weighted by molar-refractivity contribution is 0.103. The number of rotatable bonds is 7. The molecule has 0 aliphatic heterocycles. The number of hydrogen-bond acceptors (Lipinski definition) is 5. The molecule has 24 heavy (non-hydrogen) atoms. The number of anilines is 1. The fourth-order valence-electron chi connectivity index (χ4n) is 2.47. The Labute approximate surface area is 146 Å². The molecule has 1 heterocycles. The van der Waals surface area contributed by atoms with Gasteiger partial charge in [0, 0.05) is 0 Å². The number of sulfone groups is 1. The van der Waals surface area contributed by atoms with Crippen LogP contribution in [0.5, 0.6) is 5.75 Å². The summed E-state index contributed by atoms with van der Waals surface area (Å²) in [6.07, 6.45) is 1.09. The van der Waals surface area contributed by atoms with Gasteiger partial charge in [-0.2, -0.15) is 0 Å². The number of nitrogens with one attached hydrogen (secondary N) is 1. The molecule has 0 atom stereocenters. The van der Waals surface area contributed by atoms with Gasteiger partial charge in [0.2, 0.25) is 0 Å². The predicted molar refractivity (Wildman–Crippen MR) is 96.8 cm³/mol. The maximum atomic E-state index is 12.7. The summed E-state index contributed by atoms with van der Waals surface area (Å²) < 4.78 is 30.7. The number of hydrogen-bond donors (Lipinski definition) is 1.